The van der Waals surface area contributed by atoms with Crippen LogP contribution in [0, 0.1) is 0 Å². The first-order chi connectivity index (χ1) is 6.24. The summed E-state index contributed by atoms with van der Waals surface area (Å²) in [6.45, 7) is 1.75. The third kappa shape index (κ3) is 2.71. The van der Waals surface area contributed by atoms with Crippen molar-refractivity contribution < 1.29 is 4.79 Å². The summed E-state index contributed by atoms with van der Waals surface area (Å²) < 4.78 is 0. The van der Waals surface area contributed by atoms with Gasteiger partial charge in [-0.25, -0.2) is 0 Å². The van der Waals surface area contributed by atoms with Gasteiger partial charge in [0.1, 0.15) is 0 Å². The SMILES string of the molecule is CN=C(C)NC(=O)c1ccccc1. The van der Waals surface area contributed by atoms with E-state index in [0.29, 0.717) is 11.4 Å². The fraction of sp³-hybridized carbons (Fsp3) is 0.200. The number of amidine groups is 1. The van der Waals surface area contributed by atoms with E-state index in [1.54, 1.807) is 26.1 Å². The lowest BCUT2D eigenvalue weighted by molar-refractivity contribution is 0.0977. The molecule has 0 aliphatic carbocycles. The van der Waals surface area contributed by atoms with Gasteiger partial charge in [0, 0.05) is 12.6 Å². The minimum Gasteiger partial charge on any atom is -0.311 e. The molecule has 0 bridgehead atoms. The van der Waals surface area contributed by atoms with E-state index in [1.165, 1.54) is 0 Å². The Labute approximate surface area is 77.5 Å². The van der Waals surface area contributed by atoms with E-state index in [1.807, 2.05) is 18.2 Å². The molecule has 1 amide bonds. The Kier molecular flexibility index (Phi) is 3.20. The monoisotopic (exact) mass is 176 g/mol. The zero-order valence-electron chi connectivity index (χ0n) is 7.74. The van der Waals surface area contributed by atoms with Crippen LogP contribution in [0.1, 0.15) is 17.3 Å². The summed E-state index contributed by atoms with van der Waals surface area (Å²) in [5.41, 5.74) is 0.644. The lowest BCUT2D eigenvalue weighted by atomic mass is 10.2. The molecule has 1 N–H and O–H groups in total. The normalized spacial score (nSPS) is 11.1. The van der Waals surface area contributed by atoms with Crippen LogP contribution in [0.4, 0.5) is 0 Å². The summed E-state index contributed by atoms with van der Waals surface area (Å²) in [5.74, 6) is 0.498. The van der Waals surface area contributed by atoms with Crippen molar-refractivity contribution in [2.45, 2.75) is 6.92 Å². The average Bonchev–Trinajstić information content (AvgIpc) is 2.19. The van der Waals surface area contributed by atoms with Gasteiger partial charge in [-0.15, -0.1) is 0 Å². The van der Waals surface area contributed by atoms with Gasteiger partial charge in [-0.05, 0) is 19.1 Å². The number of aliphatic imine (C=N–C) groups is 1. The van der Waals surface area contributed by atoms with Crippen LogP contribution in [0.3, 0.4) is 0 Å². The van der Waals surface area contributed by atoms with Gasteiger partial charge in [0.05, 0.1) is 5.84 Å². The highest BCUT2D eigenvalue weighted by Crippen LogP contribution is 1.97. The molecule has 0 heterocycles. The standard InChI is InChI=1S/C10H12N2O/c1-8(11-2)12-10(13)9-6-4-3-5-7-9/h3-7H,1-2H3,(H,11,12,13). The average molecular weight is 176 g/mol. The van der Waals surface area contributed by atoms with Crippen molar-refractivity contribution in [1.82, 2.24) is 5.32 Å². The molecule has 3 heteroatoms. The van der Waals surface area contributed by atoms with Gasteiger partial charge in [0.15, 0.2) is 0 Å². The topological polar surface area (TPSA) is 41.5 Å². The molecule has 68 valence electrons. The van der Waals surface area contributed by atoms with Crippen molar-refractivity contribution in [3.05, 3.63) is 35.9 Å². The van der Waals surface area contributed by atoms with Crippen LogP contribution < -0.4 is 5.32 Å². The van der Waals surface area contributed by atoms with Crippen LogP contribution in [0.15, 0.2) is 35.3 Å². The Bertz CT molecular complexity index is 317. The van der Waals surface area contributed by atoms with Crippen LogP contribution >= 0.6 is 0 Å². The zero-order valence-corrected chi connectivity index (χ0v) is 7.74. The highest BCUT2D eigenvalue weighted by Gasteiger charge is 2.03. The number of amides is 1. The molecule has 0 radical (unpaired) electrons. The summed E-state index contributed by atoms with van der Waals surface area (Å²) in [7, 11) is 1.64. The van der Waals surface area contributed by atoms with Crippen LogP contribution in [0.2, 0.25) is 0 Å². The highest BCUT2D eigenvalue weighted by molar-refractivity contribution is 6.05. The predicted octanol–water partition coefficient (Wildman–Crippen LogP) is 1.46. The zero-order chi connectivity index (χ0) is 9.68. The Morgan fingerprint density at radius 1 is 1.31 bits per heavy atom. The van der Waals surface area contributed by atoms with Gasteiger partial charge in [0.25, 0.3) is 5.91 Å². The second-order valence-electron chi connectivity index (χ2n) is 2.63. The van der Waals surface area contributed by atoms with E-state index in [9.17, 15) is 4.79 Å². The number of nitrogens with one attached hydrogen (secondary N) is 1. The van der Waals surface area contributed by atoms with Crippen LogP contribution in [-0.4, -0.2) is 18.8 Å². The number of hydrogen-bond donors (Lipinski definition) is 1. The molecule has 13 heavy (non-hydrogen) atoms. The first kappa shape index (κ1) is 9.45. The van der Waals surface area contributed by atoms with E-state index >= 15 is 0 Å². The predicted molar refractivity (Wildman–Crippen MR) is 52.9 cm³/mol. The van der Waals surface area contributed by atoms with Gasteiger partial charge < -0.3 is 5.32 Å². The lowest BCUT2D eigenvalue weighted by Crippen LogP contribution is -2.28. The van der Waals surface area contributed by atoms with E-state index in [-0.39, 0.29) is 5.91 Å². The minimum absolute atomic E-state index is 0.122. The fourth-order valence-corrected chi connectivity index (χ4v) is 0.882. The molecule has 1 aromatic carbocycles. The summed E-state index contributed by atoms with van der Waals surface area (Å²) in [6, 6.07) is 9.05. The lowest BCUT2D eigenvalue weighted by Gasteiger charge is -2.02. The Morgan fingerprint density at radius 3 is 2.46 bits per heavy atom. The minimum atomic E-state index is -0.122. The molecule has 0 saturated heterocycles. The van der Waals surface area contributed by atoms with Crippen LogP contribution in [0.25, 0.3) is 0 Å². The molecule has 0 atom stereocenters. The number of hydrogen-bond acceptors (Lipinski definition) is 2. The van der Waals surface area contributed by atoms with Gasteiger partial charge >= 0.3 is 0 Å². The van der Waals surface area contributed by atoms with Gasteiger partial charge in [-0.1, -0.05) is 18.2 Å². The molecule has 0 aliphatic rings. The van der Waals surface area contributed by atoms with Crippen LogP contribution in [0.5, 0.6) is 0 Å². The molecule has 0 fully saturated rings. The molecule has 0 saturated carbocycles. The first-order valence-corrected chi connectivity index (χ1v) is 4.04. The number of rotatable bonds is 1. The summed E-state index contributed by atoms with van der Waals surface area (Å²) in [4.78, 5) is 15.3. The largest absolute Gasteiger partial charge is 0.311 e. The Hall–Kier alpha value is -1.64. The Balaban J connectivity index is 2.70. The second-order valence-corrected chi connectivity index (χ2v) is 2.63. The highest BCUT2D eigenvalue weighted by atomic mass is 16.1. The number of carbonyl (C=O) groups is 1. The third-order valence-corrected chi connectivity index (χ3v) is 1.67. The molecular weight excluding hydrogens is 164 g/mol. The maximum Gasteiger partial charge on any atom is 0.256 e. The third-order valence-electron chi connectivity index (χ3n) is 1.67. The first-order valence-electron chi connectivity index (χ1n) is 4.04. The van der Waals surface area contributed by atoms with E-state index in [4.69, 9.17) is 0 Å². The molecule has 0 unspecified atom stereocenters. The number of carbonyl (C=O) groups excluding carboxylic acids is 1. The van der Waals surface area contributed by atoms with Gasteiger partial charge in [-0.2, -0.15) is 0 Å². The quantitative estimate of drug-likeness (QED) is 0.511. The summed E-state index contributed by atoms with van der Waals surface area (Å²) >= 11 is 0. The molecule has 0 aliphatic heterocycles. The van der Waals surface area contributed by atoms with Crippen molar-refractivity contribution in [2.24, 2.45) is 4.99 Å². The van der Waals surface area contributed by atoms with Crippen molar-refractivity contribution in [1.29, 1.82) is 0 Å². The smallest absolute Gasteiger partial charge is 0.256 e. The van der Waals surface area contributed by atoms with E-state index in [2.05, 4.69) is 10.3 Å². The van der Waals surface area contributed by atoms with E-state index in [0.717, 1.165) is 0 Å². The maximum absolute atomic E-state index is 11.4. The Morgan fingerprint density at radius 2 is 1.92 bits per heavy atom. The van der Waals surface area contributed by atoms with Crippen molar-refractivity contribution >= 4 is 11.7 Å². The molecule has 1 rings (SSSR count). The molecule has 0 spiro atoms. The molecule has 3 nitrogen and oxygen atoms in total. The van der Waals surface area contributed by atoms with E-state index < -0.39 is 0 Å². The molecule has 0 aromatic heterocycles. The van der Waals surface area contributed by atoms with Crippen molar-refractivity contribution in [3.8, 4) is 0 Å². The van der Waals surface area contributed by atoms with Crippen molar-refractivity contribution in [2.75, 3.05) is 7.05 Å². The van der Waals surface area contributed by atoms with Crippen molar-refractivity contribution in [3.63, 3.8) is 0 Å². The van der Waals surface area contributed by atoms with Gasteiger partial charge in [0.2, 0.25) is 0 Å². The molecule has 1 aromatic rings. The fourth-order valence-electron chi connectivity index (χ4n) is 0.882. The summed E-state index contributed by atoms with van der Waals surface area (Å²) in [6.07, 6.45) is 0. The maximum atomic E-state index is 11.4. The number of nitrogens with zero attached hydrogens (tertiary/aromatic N) is 1. The number of benzene rings is 1. The van der Waals surface area contributed by atoms with Crippen LogP contribution in [-0.2, 0) is 0 Å². The summed E-state index contributed by atoms with van der Waals surface area (Å²) in [5, 5.41) is 2.66. The van der Waals surface area contributed by atoms with Gasteiger partial charge in [-0.3, -0.25) is 9.79 Å². The second kappa shape index (κ2) is 4.40. The molecular formula is C10H12N2O.